The highest BCUT2D eigenvalue weighted by molar-refractivity contribution is 9.10. The zero-order chi connectivity index (χ0) is 25.3. The number of ketones is 1. The van der Waals surface area contributed by atoms with E-state index in [2.05, 4.69) is 21.2 Å². The largest absolute Gasteiger partial charge is 0.376 e. The summed E-state index contributed by atoms with van der Waals surface area (Å²) in [5, 5.41) is 4.05. The number of nitrogens with one attached hydrogen (secondary N) is 1. The minimum atomic E-state index is -0.103. The maximum absolute atomic E-state index is 13.2. The second kappa shape index (κ2) is 13.2. The maximum atomic E-state index is 13.2. The van der Waals surface area contributed by atoms with Crippen molar-refractivity contribution in [2.24, 2.45) is 0 Å². The molecular formula is C27H30BrN3O4S. The van der Waals surface area contributed by atoms with E-state index in [4.69, 9.17) is 9.72 Å². The summed E-state index contributed by atoms with van der Waals surface area (Å²) in [4.78, 5) is 42.7. The average molecular weight is 573 g/mol. The van der Waals surface area contributed by atoms with Gasteiger partial charge in [-0.1, -0.05) is 58.4 Å². The molecule has 7 nitrogen and oxygen atoms in total. The van der Waals surface area contributed by atoms with E-state index in [9.17, 15) is 14.4 Å². The van der Waals surface area contributed by atoms with Gasteiger partial charge in [0.2, 0.25) is 5.91 Å². The van der Waals surface area contributed by atoms with Crippen LogP contribution in [0.4, 0.5) is 0 Å². The normalized spacial score (nSPS) is 15.3. The van der Waals surface area contributed by atoms with Crippen LogP contribution in [0, 0.1) is 0 Å². The van der Waals surface area contributed by atoms with Crippen LogP contribution in [0.2, 0.25) is 0 Å². The Morgan fingerprint density at radius 1 is 1.11 bits per heavy atom. The Bertz CT molecular complexity index is 1260. The fourth-order valence-corrected chi connectivity index (χ4v) is 5.34. The molecule has 1 aromatic heterocycles. The van der Waals surface area contributed by atoms with Gasteiger partial charge >= 0.3 is 0 Å². The minimum absolute atomic E-state index is 0.0181. The van der Waals surface area contributed by atoms with E-state index in [0.29, 0.717) is 41.1 Å². The van der Waals surface area contributed by atoms with Crippen LogP contribution in [0.25, 0.3) is 10.9 Å². The van der Waals surface area contributed by atoms with Crippen molar-refractivity contribution in [2.75, 3.05) is 18.9 Å². The average Bonchev–Trinajstić information content (AvgIpc) is 3.41. The number of carbonyl (C=O) groups excluding carboxylic acids is 2. The van der Waals surface area contributed by atoms with Crippen LogP contribution in [-0.4, -0.2) is 46.2 Å². The second-order valence-electron chi connectivity index (χ2n) is 8.84. The lowest BCUT2D eigenvalue weighted by Gasteiger charge is -2.13. The fraction of sp³-hybridized carbons (Fsp3) is 0.407. The van der Waals surface area contributed by atoms with E-state index in [1.54, 1.807) is 22.8 Å². The van der Waals surface area contributed by atoms with Crippen molar-refractivity contribution in [2.45, 2.75) is 56.3 Å². The van der Waals surface area contributed by atoms with Crippen molar-refractivity contribution >= 4 is 50.3 Å². The number of carbonyl (C=O) groups is 2. The third-order valence-corrected chi connectivity index (χ3v) is 7.67. The molecule has 0 unspecified atom stereocenters. The molecule has 0 radical (unpaired) electrons. The third-order valence-electron chi connectivity index (χ3n) is 6.16. The van der Waals surface area contributed by atoms with Crippen molar-refractivity contribution in [1.29, 1.82) is 0 Å². The minimum Gasteiger partial charge on any atom is -0.376 e. The van der Waals surface area contributed by atoms with Gasteiger partial charge < -0.3 is 10.1 Å². The third kappa shape index (κ3) is 7.27. The highest BCUT2D eigenvalue weighted by Crippen LogP contribution is 2.21. The van der Waals surface area contributed by atoms with Gasteiger partial charge in [0, 0.05) is 36.2 Å². The summed E-state index contributed by atoms with van der Waals surface area (Å²) in [5.74, 6) is 0.213. The molecular weight excluding hydrogens is 542 g/mol. The number of ether oxygens (including phenoxy) is 1. The van der Waals surface area contributed by atoms with Crippen LogP contribution in [0.3, 0.4) is 0 Å². The summed E-state index contributed by atoms with van der Waals surface area (Å²) < 4.78 is 8.11. The Hall–Kier alpha value is -2.49. The highest BCUT2D eigenvalue weighted by atomic mass is 79.9. The number of thioether (sulfide) groups is 1. The summed E-state index contributed by atoms with van der Waals surface area (Å²) >= 11 is 4.67. The van der Waals surface area contributed by atoms with E-state index in [-0.39, 0.29) is 29.1 Å². The molecule has 1 aliphatic rings. The predicted molar refractivity (Wildman–Crippen MR) is 146 cm³/mol. The van der Waals surface area contributed by atoms with Gasteiger partial charge in [-0.2, -0.15) is 0 Å². The second-order valence-corrected chi connectivity index (χ2v) is 10.7. The zero-order valence-electron chi connectivity index (χ0n) is 20.1. The number of aromatic nitrogens is 2. The Kier molecular flexibility index (Phi) is 9.72. The molecule has 1 aliphatic heterocycles. The molecule has 1 amide bonds. The summed E-state index contributed by atoms with van der Waals surface area (Å²) in [7, 11) is 0. The number of hydrogen-bond donors (Lipinski definition) is 1. The monoisotopic (exact) mass is 571 g/mol. The van der Waals surface area contributed by atoms with Crippen LogP contribution >= 0.6 is 27.7 Å². The first-order chi connectivity index (χ1) is 17.5. The quantitative estimate of drug-likeness (QED) is 0.142. The Morgan fingerprint density at radius 3 is 2.69 bits per heavy atom. The first-order valence-corrected chi connectivity index (χ1v) is 14.1. The molecule has 2 heterocycles. The van der Waals surface area contributed by atoms with E-state index >= 15 is 0 Å². The summed E-state index contributed by atoms with van der Waals surface area (Å²) in [5.41, 5.74) is 1.15. The molecule has 9 heteroatoms. The van der Waals surface area contributed by atoms with Crippen molar-refractivity contribution in [3.63, 3.8) is 0 Å². The SMILES string of the molecule is O=C(CCCCCn1c(SCC(=O)c2ccc(Br)cc2)nc2ccccc2c1=O)NC[C@H]1CCCO1. The molecule has 0 bridgehead atoms. The van der Waals surface area contributed by atoms with E-state index < -0.39 is 0 Å². The van der Waals surface area contributed by atoms with Crippen molar-refractivity contribution in [3.8, 4) is 0 Å². The first kappa shape index (κ1) is 26.6. The topological polar surface area (TPSA) is 90.3 Å². The number of unbranched alkanes of at least 4 members (excludes halogenated alkanes) is 2. The highest BCUT2D eigenvalue weighted by Gasteiger charge is 2.16. The standard InChI is InChI=1S/C27H30BrN3O4S/c28-20-13-11-19(12-14-20)24(32)18-36-27-30-23-9-4-3-8-22(23)26(34)31(27)15-5-1-2-10-25(33)29-17-21-7-6-16-35-21/h3-4,8-9,11-14,21H,1-2,5-7,10,15-18H2,(H,29,33)/t21-/m1/s1. The van der Waals surface area contributed by atoms with Crippen LogP contribution in [-0.2, 0) is 16.1 Å². The molecule has 3 aromatic rings. The van der Waals surface area contributed by atoms with Gasteiger partial charge in [-0.25, -0.2) is 4.98 Å². The first-order valence-electron chi connectivity index (χ1n) is 12.3. The Morgan fingerprint density at radius 2 is 1.92 bits per heavy atom. The number of halogens is 1. The van der Waals surface area contributed by atoms with Gasteiger partial charge in [0.25, 0.3) is 5.56 Å². The number of Topliss-reactive ketones (excluding diaryl/α,β-unsaturated/α-hetero) is 1. The lowest BCUT2D eigenvalue weighted by molar-refractivity contribution is -0.121. The molecule has 1 N–H and O–H groups in total. The number of benzene rings is 2. The number of rotatable bonds is 12. The number of hydrogen-bond acceptors (Lipinski definition) is 6. The van der Waals surface area contributed by atoms with Crippen LogP contribution < -0.4 is 10.9 Å². The zero-order valence-corrected chi connectivity index (χ0v) is 22.5. The van der Waals surface area contributed by atoms with Crippen LogP contribution in [0.1, 0.15) is 48.9 Å². The van der Waals surface area contributed by atoms with Gasteiger partial charge in [-0.3, -0.25) is 19.0 Å². The summed E-state index contributed by atoms with van der Waals surface area (Å²) in [6.07, 6.45) is 4.97. The predicted octanol–water partition coefficient (Wildman–Crippen LogP) is 4.99. The van der Waals surface area contributed by atoms with Crippen molar-refractivity contribution < 1.29 is 14.3 Å². The molecule has 1 atom stereocenters. The number of para-hydroxylation sites is 1. The van der Waals surface area contributed by atoms with E-state index in [0.717, 1.165) is 43.2 Å². The van der Waals surface area contributed by atoms with Crippen LogP contribution in [0.15, 0.2) is 63.0 Å². The molecule has 2 aromatic carbocycles. The lowest BCUT2D eigenvalue weighted by atomic mass is 10.1. The van der Waals surface area contributed by atoms with Gasteiger partial charge in [-0.05, 0) is 49.9 Å². The summed E-state index contributed by atoms with van der Waals surface area (Å²) in [6, 6.07) is 14.5. The van der Waals surface area contributed by atoms with Crippen LogP contribution in [0.5, 0.6) is 0 Å². The number of amides is 1. The van der Waals surface area contributed by atoms with Crippen molar-refractivity contribution in [3.05, 3.63) is 68.9 Å². The van der Waals surface area contributed by atoms with Crippen molar-refractivity contribution in [1.82, 2.24) is 14.9 Å². The summed E-state index contributed by atoms with van der Waals surface area (Å²) in [6.45, 7) is 1.85. The van der Waals surface area contributed by atoms with Gasteiger partial charge in [0.15, 0.2) is 10.9 Å². The van der Waals surface area contributed by atoms with E-state index in [1.807, 2.05) is 30.3 Å². The molecule has 0 saturated carbocycles. The molecule has 1 saturated heterocycles. The molecule has 4 rings (SSSR count). The lowest BCUT2D eigenvalue weighted by Crippen LogP contribution is -2.31. The molecule has 36 heavy (non-hydrogen) atoms. The number of fused-ring (bicyclic) bond motifs is 1. The van der Waals surface area contributed by atoms with E-state index in [1.165, 1.54) is 11.8 Å². The Labute approximate surface area is 223 Å². The Balaban J connectivity index is 1.34. The molecule has 190 valence electrons. The number of nitrogens with zero attached hydrogens (tertiary/aromatic N) is 2. The smallest absolute Gasteiger partial charge is 0.262 e. The fourth-order valence-electron chi connectivity index (χ4n) is 4.16. The molecule has 0 spiro atoms. The molecule has 1 fully saturated rings. The maximum Gasteiger partial charge on any atom is 0.262 e. The van der Waals surface area contributed by atoms with Gasteiger partial charge in [-0.15, -0.1) is 0 Å². The van der Waals surface area contributed by atoms with Gasteiger partial charge in [0.1, 0.15) is 0 Å². The molecule has 0 aliphatic carbocycles. The van der Waals surface area contributed by atoms with Gasteiger partial charge in [0.05, 0.1) is 22.8 Å².